The van der Waals surface area contributed by atoms with Crippen LogP contribution in [0.15, 0.2) is 42.3 Å². The first-order chi connectivity index (χ1) is 9.38. The fourth-order valence-corrected chi connectivity index (χ4v) is 2.83. The van der Waals surface area contributed by atoms with E-state index in [0.717, 1.165) is 0 Å². The number of ketones is 2. The maximum atomic E-state index is 11.7. The molecular weight excluding hydrogens is 494 g/mol. The number of carbonyl (C=O) groups excluding carboxylic acids is 2. The summed E-state index contributed by atoms with van der Waals surface area (Å²) in [6.07, 6.45) is 2.89. The van der Waals surface area contributed by atoms with Crippen LogP contribution in [0.5, 0.6) is 0 Å². The van der Waals surface area contributed by atoms with Crippen molar-refractivity contribution >= 4 is 56.7 Å². The molecule has 0 aromatic rings. The number of allylic oxidation sites excluding steroid dienone is 6. The average molecular weight is 502 g/mol. The minimum absolute atomic E-state index is 0.0834. The van der Waals surface area contributed by atoms with Crippen LogP contribution in [0, 0.1) is 0 Å². The molecule has 2 rings (SSSR count). The first-order valence-corrected chi connectivity index (χ1v) is 7.53. The molecule has 6 nitrogen and oxygen atoms in total. The Bertz CT molecular complexity index is 557. The van der Waals surface area contributed by atoms with Gasteiger partial charge in [-0.25, -0.2) is 0 Å². The molecule has 2 aliphatic carbocycles. The van der Waals surface area contributed by atoms with Gasteiger partial charge in [0.25, 0.3) is 11.5 Å². The predicted molar refractivity (Wildman–Crippen MR) is 84.9 cm³/mol. The second-order valence-electron chi connectivity index (χ2n) is 3.98. The summed E-state index contributed by atoms with van der Waals surface area (Å²) < 4.78 is 1.32. The predicted octanol–water partition coefficient (Wildman–Crippen LogP) is 3.06. The highest BCUT2D eigenvalue weighted by molar-refractivity contribution is 14.1. The van der Waals surface area contributed by atoms with Crippen molar-refractivity contribution in [3.05, 3.63) is 42.3 Å². The van der Waals surface area contributed by atoms with E-state index in [9.17, 15) is 19.8 Å². The van der Waals surface area contributed by atoms with Crippen molar-refractivity contribution in [2.45, 2.75) is 12.8 Å². The first-order valence-electron chi connectivity index (χ1n) is 5.38. The van der Waals surface area contributed by atoms with Gasteiger partial charge in [-0.1, -0.05) is 0 Å². The molecule has 0 unspecified atom stereocenters. The second kappa shape index (κ2) is 6.16. The zero-order valence-corrected chi connectivity index (χ0v) is 14.2. The molecule has 20 heavy (non-hydrogen) atoms. The van der Waals surface area contributed by atoms with Crippen LogP contribution in [0.2, 0.25) is 0 Å². The van der Waals surface area contributed by atoms with Gasteiger partial charge in [0.05, 0.1) is 0 Å². The Hall–Kier alpha value is -1.04. The van der Waals surface area contributed by atoms with Crippen LogP contribution < -0.4 is 0 Å². The van der Waals surface area contributed by atoms with Gasteiger partial charge >= 0.3 is 0 Å². The molecule has 0 atom stereocenters. The maximum Gasteiger partial charge on any atom is 0.263 e. The van der Waals surface area contributed by atoms with Crippen molar-refractivity contribution in [2.24, 2.45) is 0 Å². The highest BCUT2D eigenvalue weighted by Crippen LogP contribution is 2.28. The van der Waals surface area contributed by atoms with E-state index in [-0.39, 0.29) is 35.9 Å². The monoisotopic (exact) mass is 502 g/mol. The van der Waals surface area contributed by atoms with E-state index in [4.69, 9.17) is 9.78 Å². The van der Waals surface area contributed by atoms with Crippen molar-refractivity contribution in [3.63, 3.8) is 0 Å². The number of halogens is 2. The molecule has 0 radical (unpaired) electrons. The van der Waals surface area contributed by atoms with Gasteiger partial charge in [-0.3, -0.25) is 19.4 Å². The number of rotatable bonds is 3. The van der Waals surface area contributed by atoms with Gasteiger partial charge in [-0.2, -0.15) is 0 Å². The first kappa shape index (κ1) is 15.4. The molecule has 0 aliphatic heterocycles. The van der Waals surface area contributed by atoms with Crippen LogP contribution in [0.4, 0.5) is 0 Å². The Morgan fingerprint density at radius 3 is 1.50 bits per heavy atom. The molecule has 0 amide bonds. The molecule has 106 valence electrons. The zero-order valence-electron chi connectivity index (χ0n) is 9.85. The molecule has 0 heterocycles. The normalized spacial score (nSPS) is 19.9. The van der Waals surface area contributed by atoms with E-state index >= 15 is 0 Å². The Morgan fingerprint density at radius 1 is 0.850 bits per heavy atom. The van der Waals surface area contributed by atoms with Gasteiger partial charge in [0.2, 0.25) is 11.6 Å². The lowest BCUT2D eigenvalue weighted by Crippen LogP contribution is -2.17. The molecule has 0 saturated heterocycles. The number of hydrogen-bond donors (Lipinski definition) is 2. The molecule has 0 spiro atoms. The van der Waals surface area contributed by atoms with Crippen molar-refractivity contribution in [1.82, 2.24) is 0 Å². The number of aliphatic hydroxyl groups excluding tert-OH is 2. The van der Waals surface area contributed by atoms with Gasteiger partial charge in [0.1, 0.15) is 0 Å². The van der Waals surface area contributed by atoms with Crippen molar-refractivity contribution in [2.75, 3.05) is 0 Å². The molecule has 0 bridgehead atoms. The quantitative estimate of drug-likeness (QED) is 0.351. The van der Waals surface area contributed by atoms with Gasteiger partial charge in [0.15, 0.2) is 11.5 Å². The molecule has 2 N–H and O–H groups in total. The van der Waals surface area contributed by atoms with E-state index in [0.29, 0.717) is 7.16 Å². The Kier molecular flexibility index (Phi) is 4.73. The maximum absolute atomic E-state index is 11.7. The second-order valence-corrected chi connectivity index (χ2v) is 6.75. The summed E-state index contributed by atoms with van der Waals surface area (Å²) in [7, 11) is 0. The lowest BCUT2D eigenvalue weighted by molar-refractivity contribution is -0.230. The van der Waals surface area contributed by atoms with Crippen LogP contribution in [0.3, 0.4) is 0 Å². The Balaban J connectivity index is 2.17. The lowest BCUT2D eigenvalue weighted by atomic mass is 10.1. The molecule has 8 heteroatoms. The summed E-state index contributed by atoms with van der Waals surface area (Å²) in [5, 5.41) is 19.2. The zero-order chi connectivity index (χ0) is 14.9. The third-order valence-corrected chi connectivity index (χ3v) is 3.81. The van der Waals surface area contributed by atoms with Gasteiger partial charge in [0, 0.05) is 20.0 Å². The fraction of sp³-hybridized carbons (Fsp3) is 0.167. The Morgan fingerprint density at radius 2 is 1.20 bits per heavy atom. The van der Waals surface area contributed by atoms with Crippen molar-refractivity contribution < 1.29 is 29.6 Å². The number of aliphatic hydroxyl groups is 2. The number of hydrogen-bond acceptors (Lipinski definition) is 6. The standard InChI is InChI=1S/C12H8I2O6/c13-5-1-7(15)11(8(16)2-5)19-20-12-9(17)3-6(14)4-10(12)18/h1,3,15,17H,2,4H2. The number of carbonyl (C=O) groups is 2. The topological polar surface area (TPSA) is 93.1 Å². The van der Waals surface area contributed by atoms with Crippen molar-refractivity contribution in [3.8, 4) is 0 Å². The molecule has 2 aliphatic rings. The average Bonchev–Trinajstić information content (AvgIpc) is 2.30. The highest BCUT2D eigenvalue weighted by atomic mass is 127. The molecule has 0 aromatic heterocycles. The Labute approximate surface area is 141 Å². The summed E-state index contributed by atoms with van der Waals surface area (Å²) in [6, 6.07) is 0. The van der Waals surface area contributed by atoms with Crippen LogP contribution >= 0.6 is 45.2 Å². The van der Waals surface area contributed by atoms with Gasteiger partial charge in [-0.15, -0.1) is 0 Å². The van der Waals surface area contributed by atoms with Crippen molar-refractivity contribution in [1.29, 1.82) is 0 Å². The van der Waals surface area contributed by atoms with Crippen LogP contribution in [-0.4, -0.2) is 21.8 Å². The third-order valence-electron chi connectivity index (χ3n) is 2.43. The van der Waals surface area contributed by atoms with Crippen LogP contribution in [0.1, 0.15) is 12.8 Å². The van der Waals surface area contributed by atoms with Crippen LogP contribution in [-0.2, 0) is 19.4 Å². The molecule has 0 saturated carbocycles. The summed E-state index contributed by atoms with van der Waals surface area (Å²) in [5.74, 6) is -2.46. The highest BCUT2D eigenvalue weighted by Gasteiger charge is 2.28. The van der Waals surface area contributed by atoms with E-state index < -0.39 is 11.6 Å². The van der Waals surface area contributed by atoms with E-state index in [1.807, 2.05) is 45.2 Å². The smallest absolute Gasteiger partial charge is 0.263 e. The largest absolute Gasteiger partial charge is 0.504 e. The van der Waals surface area contributed by atoms with Gasteiger partial charge < -0.3 is 10.2 Å². The fourth-order valence-electron chi connectivity index (χ4n) is 1.54. The minimum atomic E-state index is -0.470. The lowest BCUT2D eigenvalue weighted by Gasteiger charge is -2.16. The SMILES string of the molecule is O=C1CC(I)=CC(O)=C1OOC1=C(O)C=C(I)CC1=O. The van der Waals surface area contributed by atoms with Crippen LogP contribution in [0.25, 0.3) is 0 Å². The molecule has 0 fully saturated rings. The summed E-state index contributed by atoms with van der Waals surface area (Å²) in [4.78, 5) is 32.8. The van der Waals surface area contributed by atoms with E-state index in [1.54, 1.807) is 0 Å². The van der Waals surface area contributed by atoms with Gasteiger partial charge in [-0.05, 0) is 57.3 Å². The van der Waals surface area contributed by atoms with E-state index in [2.05, 4.69) is 0 Å². The molecular formula is C12H8I2O6. The van der Waals surface area contributed by atoms with E-state index in [1.165, 1.54) is 12.2 Å². The summed E-state index contributed by atoms with van der Waals surface area (Å²) >= 11 is 3.83. The third kappa shape index (κ3) is 3.34. The minimum Gasteiger partial charge on any atom is -0.504 e. The number of Topliss-reactive ketones (excluding diaryl/α,β-unsaturated/α-hetero) is 2. The summed E-state index contributed by atoms with van der Waals surface area (Å²) in [6.45, 7) is 0. The molecule has 0 aromatic carbocycles. The summed E-state index contributed by atoms with van der Waals surface area (Å²) in [5.41, 5.74) is 0.